The lowest BCUT2D eigenvalue weighted by Crippen LogP contribution is -2.19. The number of para-hydroxylation sites is 1. The Hall–Kier alpha value is -4.04. The molecule has 0 aliphatic carbocycles. The Labute approximate surface area is 189 Å². The predicted octanol–water partition coefficient (Wildman–Crippen LogP) is 4.24. The van der Waals surface area contributed by atoms with Crippen LogP contribution in [0.5, 0.6) is 0 Å². The minimum Gasteiger partial charge on any atom is -0.272 e. The van der Waals surface area contributed by atoms with Crippen molar-refractivity contribution in [2.75, 3.05) is 5.75 Å². The Kier molecular flexibility index (Phi) is 7.18. The monoisotopic (exact) mass is 440 g/mol. The second-order valence-corrected chi connectivity index (χ2v) is 7.53. The van der Waals surface area contributed by atoms with Crippen molar-refractivity contribution in [3.05, 3.63) is 96.8 Å². The number of allylic oxidation sites excluding steroid dienone is 1. The first-order chi connectivity index (χ1) is 15.8. The molecule has 1 N–H and O–H groups in total. The van der Waals surface area contributed by atoms with E-state index in [4.69, 9.17) is 0 Å². The van der Waals surface area contributed by atoms with Crippen molar-refractivity contribution >= 4 is 30.0 Å². The predicted molar refractivity (Wildman–Crippen MR) is 127 cm³/mol. The lowest BCUT2D eigenvalue weighted by atomic mass is 10.2. The van der Waals surface area contributed by atoms with Gasteiger partial charge in [0.25, 0.3) is 5.91 Å². The molecule has 2 aromatic carbocycles. The maximum absolute atomic E-state index is 12.2. The first-order valence-corrected chi connectivity index (χ1v) is 10.9. The lowest BCUT2D eigenvalue weighted by Gasteiger charge is -2.09. The molecular weight excluding hydrogens is 420 g/mol. The summed E-state index contributed by atoms with van der Waals surface area (Å²) in [5.74, 6) is 0.610. The van der Waals surface area contributed by atoms with Gasteiger partial charge in [-0.05, 0) is 35.9 Å². The third-order valence-electron chi connectivity index (χ3n) is 4.36. The van der Waals surface area contributed by atoms with Crippen LogP contribution in [0.15, 0.2) is 102 Å². The fourth-order valence-electron chi connectivity index (χ4n) is 2.89. The summed E-state index contributed by atoms with van der Waals surface area (Å²) in [6, 6.07) is 23.4. The van der Waals surface area contributed by atoms with Gasteiger partial charge < -0.3 is 0 Å². The van der Waals surface area contributed by atoms with Crippen LogP contribution < -0.4 is 5.43 Å². The van der Waals surface area contributed by atoms with Crippen LogP contribution >= 0.6 is 11.8 Å². The number of carbonyl (C=O) groups excluding carboxylic acids is 1. The van der Waals surface area contributed by atoms with E-state index in [1.807, 2.05) is 83.4 Å². The standard InChI is InChI=1S/C24H20N6OS/c31-22(27-26-15-7-10-19-8-3-1-4-9-19)18-32-24-29-28-23(20-13-16-25-17-14-20)30(24)21-11-5-2-6-12-21/h1-17H,18H2,(H,27,31)/b10-7+,26-15+. The van der Waals surface area contributed by atoms with Crippen LogP contribution in [-0.4, -0.2) is 37.6 Å². The van der Waals surface area contributed by atoms with Gasteiger partial charge in [-0.1, -0.05) is 66.4 Å². The quantitative estimate of drug-likeness (QED) is 0.252. The SMILES string of the molecule is O=C(CSc1nnc(-c2ccncc2)n1-c1ccccc1)N/N=C/C=C/c1ccccc1. The number of hydrogen-bond donors (Lipinski definition) is 1. The molecule has 8 heteroatoms. The van der Waals surface area contributed by atoms with Crippen molar-refractivity contribution in [3.8, 4) is 17.1 Å². The van der Waals surface area contributed by atoms with Crippen molar-refractivity contribution in [1.29, 1.82) is 0 Å². The number of pyridine rings is 1. The molecule has 32 heavy (non-hydrogen) atoms. The van der Waals surface area contributed by atoms with E-state index in [0.29, 0.717) is 11.0 Å². The zero-order chi connectivity index (χ0) is 22.0. The number of nitrogens with one attached hydrogen (secondary N) is 1. The molecule has 4 aromatic rings. The van der Waals surface area contributed by atoms with Crippen molar-refractivity contribution in [2.45, 2.75) is 5.16 Å². The largest absolute Gasteiger partial charge is 0.272 e. The van der Waals surface area contributed by atoms with E-state index in [1.165, 1.54) is 11.8 Å². The van der Waals surface area contributed by atoms with Crippen LogP contribution in [-0.2, 0) is 4.79 Å². The highest BCUT2D eigenvalue weighted by Crippen LogP contribution is 2.27. The normalized spacial score (nSPS) is 11.2. The lowest BCUT2D eigenvalue weighted by molar-refractivity contribution is -0.118. The van der Waals surface area contributed by atoms with Crippen LogP contribution in [0, 0.1) is 0 Å². The van der Waals surface area contributed by atoms with Crippen LogP contribution in [0.25, 0.3) is 23.2 Å². The number of hydrogen-bond acceptors (Lipinski definition) is 6. The number of thioether (sulfide) groups is 1. The van der Waals surface area contributed by atoms with Crippen molar-refractivity contribution < 1.29 is 4.79 Å². The number of benzene rings is 2. The summed E-state index contributed by atoms with van der Waals surface area (Å²) in [5, 5.41) is 13.2. The zero-order valence-electron chi connectivity index (χ0n) is 17.1. The molecule has 2 heterocycles. The molecule has 0 atom stereocenters. The van der Waals surface area contributed by atoms with Gasteiger partial charge in [0.1, 0.15) is 0 Å². The molecule has 0 aliphatic rings. The van der Waals surface area contributed by atoms with Crippen molar-refractivity contribution in [1.82, 2.24) is 25.2 Å². The number of amides is 1. The van der Waals surface area contributed by atoms with Crippen molar-refractivity contribution in [2.24, 2.45) is 5.10 Å². The molecular formula is C24H20N6OS. The molecule has 0 radical (unpaired) electrons. The minimum absolute atomic E-state index is 0.154. The van der Waals surface area contributed by atoms with Gasteiger partial charge >= 0.3 is 0 Å². The summed E-state index contributed by atoms with van der Waals surface area (Å²) in [5.41, 5.74) is 5.40. The number of nitrogens with zero attached hydrogens (tertiary/aromatic N) is 5. The smallest absolute Gasteiger partial charge is 0.250 e. The van der Waals surface area contributed by atoms with Gasteiger partial charge in [0.2, 0.25) is 0 Å². The molecule has 4 rings (SSSR count). The van der Waals surface area contributed by atoms with Gasteiger partial charge in [-0.25, -0.2) is 5.43 Å². The fraction of sp³-hybridized carbons (Fsp3) is 0.0417. The molecule has 7 nitrogen and oxygen atoms in total. The zero-order valence-corrected chi connectivity index (χ0v) is 17.9. The Morgan fingerprint density at radius 3 is 2.44 bits per heavy atom. The van der Waals surface area contributed by atoms with Gasteiger partial charge in [0.15, 0.2) is 11.0 Å². The van der Waals surface area contributed by atoms with Crippen LogP contribution in [0.3, 0.4) is 0 Å². The summed E-state index contributed by atoms with van der Waals surface area (Å²) < 4.78 is 1.93. The first kappa shape index (κ1) is 21.2. The highest BCUT2D eigenvalue weighted by molar-refractivity contribution is 7.99. The minimum atomic E-state index is -0.229. The van der Waals surface area contributed by atoms with E-state index in [0.717, 1.165) is 16.8 Å². The van der Waals surface area contributed by atoms with E-state index in [2.05, 4.69) is 25.7 Å². The third-order valence-corrected chi connectivity index (χ3v) is 5.29. The van der Waals surface area contributed by atoms with E-state index in [-0.39, 0.29) is 11.7 Å². The Morgan fingerprint density at radius 2 is 1.69 bits per heavy atom. The molecule has 0 bridgehead atoms. The third kappa shape index (κ3) is 5.55. The fourth-order valence-corrected chi connectivity index (χ4v) is 3.64. The van der Waals surface area contributed by atoms with Crippen LogP contribution in [0.4, 0.5) is 0 Å². The molecule has 0 spiro atoms. The Balaban J connectivity index is 1.42. The average Bonchev–Trinajstić information content (AvgIpc) is 3.28. The maximum Gasteiger partial charge on any atom is 0.250 e. The van der Waals surface area contributed by atoms with Gasteiger partial charge in [0, 0.05) is 29.9 Å². The summed E-state index contributed by atoms with van der Waals surface area (Å²) in [6.07, 6.45) is 8.65. The highest BCUT2D eigenvalue weighted by Gasteiger charge is 2.17. The average molecular weight is 441 g/mol. The highest BCUT2D eigenvalue weighted by atomic mass is 32.2. The van der Waals surface area contributed by atoms with Gasteiger partial charge in [-0.15, -0.1) is 10.2 Å². The number of hydrazone groups is 1. The summed E-state index contributed by atoms with van der Waals surface area (Å²) in [4.78, 5) is 16.3. The van der Waals surface area contributed by atoms with Crippen LogP contribution in [0.2, 0.25) is 0 Å². The second kappa shape index (κ2) is 10.8. The van der Waals surface area contributed by atoms with E-state index in [9.17, 15) is 4.79 Å². The van der Waals surface area contributed by atoms with Crippen molar-refractivity contribution in [3.63, 3.8) is 0 Å². The summed E-state index contributed by atoms with van der Waals surface area (Å²) in [7, 11) is 0. The number of carbonyl (C=O) groups is 1. The van der Waals surface area contributed by atoms with E-state index < -0.39 is 0 Å². The van der Waals surface area contributed by atoms with Crippen LogP contribution in [0.1, 0.15) is 5.56 Å². The molecule has 2 aromatic heterocycles. The van der Waals surface area contributed by atoms with Gasteiger partial charge in [-0.3, -0.25) is 14.3 Å². The molecule has 1 amide bonds. The van der Waals surface area contributed by atoms with E-state index in [1.54, 1.807) is 24.7 Å². The summed E-state index contributed by atoms with van der Waals surface area (Å²) in [6.45, 7) is 0. The number of aromatic nitrogens is 4. The maximum atomic E-state index is 12.2. The number of rotatable bonds is 8. The van der Waals surface area contributed by atoms with Gasteiger partial charge in [-0.2, -0.15) is 5.10 Å². The molecule has 0 fully saturated rings. The molecule has 0 saturated heterocycles. The Bertz CT molecular complexity index is 1210. The molecule has 0 unspecified atom stereocenters. The summed E-state index contributed by atoms with van der Waals surface area (Å²) >= 11 is 1.30. The van der Waals surface area contributed by atoms with E-state index >= 15 is 0 Å². The molecule has 0 saturated carbocycles. The Morgan fingerprint density at radius 1 is 0.969 bits per heavy atom. The topological polar surface area (TPSA) is 85.1 Å². The first-order valence-electron chi connectivity index (χ1n) is 9.89. The molecule has 158 valence electrons. The molecule has 0 aliphatic heterocycles. The van der Waals surface area contributed by atoms with Gasteiger partial charge in [0.05, 0.1) is 5.75 Å². The second-order valence-electron chi connectivity index (χ2n) is 6.58.